The summed E-state index contributed by atoms with van der Waals surface area (Å²) in [7, 11) is 5.58. The summed E-state index contributed by atoms with van der Waals surface area (Å²) in [5, 5.41) is 0. The number of benzene rings is 1. The van der Waals surface area contributed by atoms with Gasteiger partial charge in [-0.2, -0.15) is 0 Å². The molecule has 2 heterocycles. The lowest BCUT2D eigenvalue weighted by Crippen LogP contribution is -2.47. The summed E-state index contributed by atoms with van der Waals surface area (Å²) in [5.41, 5.74) is 2.37. The highest BCUT2D eigenvalue weighted by Crippen LogP contribution is 2.28. The molecule has 0 amide bonds. The molecule has 1 saturated heterocycles. The minimum absolute atomic E-state index is 0.536. The van der Waals surface area contributed by atoms with Crippen molar-refractivity contribution in [2.45, 2.75) is 38.6 Å². The van der Waals surface area contributed by atoms with Crippen molar-refractivity contribution in [2.75, 3.05) is 45.8 Å². The van der Waals surface area contributed by atoms with Gasteiger partial charge in [-0.25, -0.2) is 9.97 Å². The van der Waals surface area contributed by atoms with Crippen molar-refractivity contribution in [3.63, 3.8) is 0 Å². The van der Waals surface area contributed by atoms with Gasteiger partial charge in [-0.3, -0.25) is 0 Å². The number of piperidine rings is 1. The van der Waals surface area contributed by atoms with Crippen molar-refractivity contribution >= 4 is 5.82 Å². The molecule has 6 nitrogen and oxygen atoms in total. The van der Waals surface area contributed by atoms with Crippen LogP contribution in [0.3, 0.4) is 0 Å². The zero-order valence-corrected chi connectivity index (χ0v) is 17.5. The van der Waals surface area contributed by atoms with E-state index in [2.05, 4.69) is 51.9 Å². The third-order valence-electron chi connectivity index (χ3n) is 5.62. The van der Waals surface area contributed by atoms with Crippen LogP contribution in [0.2, 0.25) is 0 Å². The van der Waals surface area contributed by atoms with E-state index in [4.69, 9.17) is 9.47 Å². The van der Waals surface area contributed by atoms with Gasteiger partial charge in [-0.15, -0.1) is 0 Å². The van der Waals surface area contributed by atoms with E-state index in [9.17, 15) is 0 Å². The van der Waals surface area contributed by atoms with Crippen LogP contribution in [-0.4, -0.2) is 61.8 Å². The molecule has 1 aliphatic rings. The summed E-state index contributed by atoms with van der Waals surface area (Å²) < 4.78 is 10.8. The van der Waals surface area contributed by atoms with E-state index in [-0.39, 0.29) is 0 Å². The van der Waals surface area contributed by atoms with E-state index in [0.29, 0.717) is 6.04 Å². The summed E-state index contributed by atoms with van der Waals surface area (Å²) >= 11 is 0. The van der Waals surface area contributed by atoms with E-state index in [1.165, 1.54) is 18.4 Å². The van der Waals surface area contributed by atoms with E-state index >= 15 is 0 Å². The molecule has 0 spiro atoms. The molecule has 1 aliphatic heterocycles. The zero-order valence-electron chi connectivity index (χ0n) is 17.5. The Morgan fingerprint density at radius 1 is 1.14 bits per heavy atom. The smallest absolute Gasteiger partial charge is 0.160 e. The van der Waals surface area contributed by atoms with Crippen LogP contribution >= 0.6 is 0 Å². The summed E-state index contributed by atoms with van der Waals surface area (Å²) in [6, 6.07) is 8.85. The summed E-state index contributed by atoms with van der Waals surface area (Å²) in [6.07, 6.45) is 6.04. The molecule has 1 aromatic heterocycles. The largest absolute Gasteiger partial charge is 0.493 e. The highest BCUT2D eigenvalue weighted by Gasteiger charge is 2.24. The molecule has 2 aromatic rings. The van der Waals surface area contributed by atoms with Crippen molar-refractivity contribution in [2.24, 2.45) is 0 Å². The highest BCUT2D eigenvalue weighted by molar-refractivity contribution is 5.43. The molecule has 6 heteroatoms. The predicted octanol–water partition coefficient (Wildman–Crippen LogP) is 3.20. The van der Waals surface area contributed by atoms with Gasteiger partial charge in [0.25, 0.3) is 0 Å². The van der Waals surface area contributed by atoms with E-state index in [1.54, 1.807) is 20.5 Å². The maximum Gasteiger partial charge on any atom is 0.160 e. The Balaban J connectivity index is 1.59. The first kappa shape index (κ1) is 20.4. The first-order valence-corrected chi connectivity index (χ1v) is 10.1. The van der Waals surface area contributed by atoms with Gasteiger partial charge in [0.2, 0.25) is 0 Å². The third kappa shape index (κ3) is 4.93. The van der Waals surface area contributed by atoms with E-state index in [1.807, 2.05) is 6.07 Å². The van der Waals surface area contributed by atoms with Crippen LogP contribution in [0.4, 0.5) is 5.82 Å². The fourth-order valence-corrected chi connectivity index (χ4v) is 3.80. The maximum absolute atomic E-state index is 5.42. The summed E-state index contributed by atoms with van der Waals surface area (Å²) in [6.45, 7) is 5.23. The Kier molecular flexibility index (Phi) is 7.09. The number of ether oxygens (including phenoxy) is 2. The minimum atomic E-state index is 0.536. The molecule has 0 radical (unpaired) electrons. The number of nitrogens with zero attached hydrogens (tertiary/aromatic N) is 4. The number of rotatable bonds is 8. The van der Waals surface area contributed by atoms with Crippen molar-refractivity contribution in [1.29, 1.82) is 0 Å². The fourth-order valence-electron chi connectivity index (χ4n) is 3.80. The van der Waals surface area contributed by atoms with Gasteiger partial charge in [-0.1, -0.05) is 13.0 Å². The Morgan fingerprint density at radius 3 is 2.71 bits per heavy atom. The van der Waals surface area contributed by atoms with Gasteiger partial charge in [-0.05, 0) is 50.4 Å². The number of hydrogen-bond acceptors (Lipinski definition) is 6. The predicted molar refractivity (Wildman–Crippen MR) is 113 cm³/mol. The highest BCUT2D eigenvalue weighted by atomic mass is 16.5. The van der Waals surface area contributed by atoms with Gasteiger partial charge in [0.05, 0.1) is 14.2 Å². The molecular formula is C22H32N4O2. The summed E-state index contributed by atoms with van der Waals surface area (Å²) in [4.78, 5) is 13.7. The van der Waals surface area contributed by atoms with Crippen LogP contribution < -0.4 is 14.4 Å². The van der Waals surface area contributed by atoms with Crippen molar-refractivity contribution in [1.82, 2.24) is 14.9 Å². The van der Waals surface area contributed by atoms with Gasteiger partial charge in [0.1, 0.15) is 12.1 Å². The van der Waals surface area contributed by atoms with Crippen LogP contribution in [0.5, 0.6) is 11.5 Å². The molecule has 0 saturated carbocycles. The lowest BCUT2D eigenvalue weighted by molar-refractivity contribution is 0.217. The van der Waals surface area contributed by atoms with Crippen LogP contribution in [0.15, 0.2) is 30.6 Å². The van der Waals surface area contributed by atoms with Crippen molar-refractivity contribution < 1.29 is 9.47 Å². The Bertz CT molecular complexity index is 768. The average Bonchev–Trinajstić information content (AvgIpc) is 2.77. The quantitative estimate of drug-likeness (QED) is 0.697. The molecular weight excluding hydrogens is 352 g/mol. The van der Waals surface area contributed by atoms with Crippen LogP contribution in [0.1, 0.15) is 31.0 Å². The number of anilines is 1. The fraction of sp³-hybridized carbons (Fsp3) is 0.545. The molecule has 0 bridgehead atoms. The minimum Gasteiger partial charge on any atom is -0.493 e. The molecule has 152 valence electrons. The number of likely N-dealkylation sites (N-methyl/N-ethyl adjacent to an activating group) is 1. The van der Waals surface area contributed by atoms with Gasteiger partial charge in [0, 0.05) is 37.4 Å². The normalized spacial score (nSPS) is 17.0. The first-order valence-electron chi connectivity index (χ1n) is 10.1. The molecule has 1 fully saturated rings. The number of aryl methyl sites for hydroxylation is 1. The second-order valence-corrected chi connectivity index (χ2v) is 7.38. The van der Waals surface area contributed by atoms with E-state index in [0.717, 1.165) is 55.5 Å². The molecule has 3 rings (SSSR count). The zero-order chi connectivity index (χ0) is 19.9. The topological polar surface area (TPSA) is 50.7 Å². The summed E-state index contributed by atoms with van der Waals surface area (Å²) in [5.74, 6) is 2.63. The molecule has 1 unspecified atom stereocenters. The number of methoxy groups -OCH3 is 2. The molecule has 0 N–H and O–H groups in total. The Hall–Kier alpha value is -2.34. The Labute approximate surface area is 168 Å². The molecule has 0 aliphatic carbocycles. The molecule has 1 aromatic carbocycles. The lowest BCUT2D eigenvalue weighted by Gasteiger charge is -2.38. The van der Waals surface area contributed by atoms with E-state index < -0.39 is 0 Å². The average molecular weight is 385 g/mol. The van der Waals surface area contributed by atoms with Gasteiger partial charge in [0.15, 0.2) is 11.5 Å². The van der Waals surface area contributed by atoms with Crippen LogP contribution in [-0.2, 0) is 12.8 Å². The first-order chi connectivity index (χ1) is 13.6. The lowest BCUT2D eigenvalue weighted by atomic mass is 10.0. The molecule has 1 atom stereocenters. The van der Waals surface area contributed by atoms with Crippen LogP contribution in [0.25, 0.3) is 0 Å². The standard InChI is InChI=1S/C22H32N4O2/c1-5-18-14-22(24-16-23-18)26-11-6-7-19(15-26)25(2)12-10-17-8-9-20(27-3)21(13-17)28-4/h8-9,13-14,16,19H,5-7,10-12,15H2,1-4H3. The van der Waals surface area contributed by atoms with Gasteiger partial charge >= 0.3 is 0 Å². The second-order valence-electron chi connectivity index (χ2n) is 7.38. The SMILES string of the molecule is CCc1cc(N2CCCC(N(C)CCc3ccc(OC)c(OC)c3)C2)ncn1. The molecule has 28 heavy (non-hydrogen) atoms. The number of aromatic nitrogens is 2. The van der Waals surface area contributed by atoms with Crippen molar-refractivity contribution in [3.8, 4) is 11.5 Å². The van der Waals surface area contributed by atoms with Crippen molar-refractivity contribution in [3.05, 3.63) is 41.9 Å². The Morgan fingerprint density at radius 2 is 1.96 bits per heavy atom. The number of hydrogen-bond donors (Lipinski definition) is 0. The van der Waals surface area contributed by atoms with Gasteiger partial charge < -0.3 is 19.3 Å². The third-order valence-corrected chi connectivity index (χ3v) is 5.62. The monoisotopic (exact) mass is 384 g/mol. The second kappa shape index (κ2) is 9.73. The maximum atomic E-state index is 5.42. The van der Waals surface area contributed by atoms with Crippen LogP contribution in [0, 0.1) is 0 Å².